The number of aliphatic carboxylic acids is 1. The van der Waals surface area contributed by atoms with Gasteiger partial charge in [0.1, 0.15) is 11.8 Å². The van der Waals surface area contributed by atoms with Crippen molar-refractivity contribution in [1.82, 2.24) is 0 Å². The Labute approximate surface area is 97.0 Å². The van der Waals surface area contributed by atoms with Crippen LogP contribution in [0.4, 0.5) is 8.78 Å². The summed E-state index contributed by atoms with van der Waals surface area (Å²) >= 11 is 0. The molecular formula is C11H13F2NO3. The second kappa shape index (κ2) is 5.58. The molecule has 0 aromatic heterocycles. The number of halogens is 2. The van der Waals surface area contributed by atoms with Crippen molar-refractivity contribution >= 4 is 5.97 Å². The lowest BCUT2D eigenvalue weighted by atomic mass is 10.0. The van der Waals surface area contributed by atoms with E-state index >= 15 is 0 Å². The van der Waals surface area contributed by atoms with E-state index in [2.05, 4.69) is 0 Å². The summed E-state index contributed by atoms with van der Waals surface area (Å²) in [6.07, 6.45) is -2.73. The number of carboxylic acid groups (broad SMARTS) is 1. The Morgan fingerprint density at radius 3 is 2.65 bits per heavy atom. The molecule has 0 fully saturated rings. The SMILES string of the molecule is COc1c(CC(N)C(=O)O)cccc1C(F)F. The molecule has 0 radical (unpaired) electrons. The Bertz CT molecular complexity index is 410. The maximum atomic E-state index is 12.7. The molecule has 1 aromatic carbocycles. The van der Waals surface area contributed by atoms with E-state index in [1.165, 1.54) is 25.3 Å². The van der Waals surface area contributed by atoms with Crippen molar-refractivity contribution in [3.8, 4) is 5.75 Å². The van der Waals surface area contributed by atoms with Crippen LogP contribution < -0.4 is 10.5 Å². The van der Waals surface area contributed by atoms with Gasteiger partial charge in [0, 0.05) is 6.42 Å². The first-order valence-electron chi connectivity index (χ1n) is 4.89. The quantitative estimate of drug-likeness (QED) is 0.826. The average molecular weight is 245 g/mol. The molecule has 17 heavy (non-hydrogen) atoms. The maximum absolute atomic E-state index is 12.7. The number of para-hydroxylation sites is 1. The summed E-state index contributed by atoms with van der Waals surface area (Å²) in [5.41, 5.74) is 5.46. The minimum Gasteiger partial charge on any atom is -0.496 e. The van der Waals surface area contributed by atoms with Crippen molar-refractivity contribution in [3.05, 3.63) is 29.3 Å². The molecule has 1 rings (SSSR count). The smallest absolute Gasteiger partial charge is 0.320 e. The highest BCUT2D eigenvalue weighted by atomic mass is 19.3. The zero-order valence-electron chi connectivity index (χ0n) is 9.19. The van der Waals surface area contributed by atoms with Gasteiger partial charge in [-0.2, -0.15) is 0 Å². The highest BCUT2D eigenvalue weighted by Crippen LogP contribution is 2.32. The minimum absolute atomic E-state index is 0.000741. The first-order chi connectivity index (χ1) is 7.97. The minimum atomic E-state index is -2.68. The molecule has 0 spiro atoms. The summed E-state index contributed by atoms with van der Waals surface area (Å²) < 4.78 is 30.2. The van der Waals surface area contributed by atoms with Crippen LogP contribution in [0.25, 0.3) is 0 Å². The van der Waals surface area contributed by atoms with Gasteiger partial charge in [0.25, 0.3) is 6.43 Å². The zero-order chi connectivity index (χ0) is 13.0. The van der Waals surface area contributed by atoms with Gasteiger partial charge in [-0.05, 0) is 11.6 Å². The van der Waals surface area contributed by atoms with E-state index in [0.29, 0.717) is 5.56 Å². The van der Waals surface area contributed by atoms with Crippen LogP contribution >= 0.6 is 0 Å². The number of ether oxygens (including phenoxy) is 1. The fourth-order valence-electron chi connectivity index (χ4n) is 1.51. The van der Waals surface area contributed by atoms with Gasteiger partial charge in [-0.3, -0.25) is 4.79 Å². The third kappa shape index (κ3) is 3.13. The normalized spacial score (nSPS) is 12.5. The van der Waals surface area contributed by atoms with Crippen LogP contribution in [0.15, 0.2) is 18.2 Å². The number of carbonyl (C=O) groups is 1. The molecule has 0 aliphatic heterocycles. The van der Waals surface area contributed by atoms with Crippen molar-refractivity contribution in [2.45, 2.75) is 18.9 Å². The third-order valence-electron chi connectivity index (χ3n) is 2.32. The van der Waals surface area contributed by atoms with Crippen molar-refractivity contribution in [2.24, 2.45) is 5.73 Å². The number of nitrogens with two attached hydrogens (primary N) is 1. The first-order valence-corrected chi connectivity index (χ1v) is 4.89. The van der Waals surface area contributed by atoms with Crippen LogP contribution in [0, 0.1) is 0 Å². The lowest BCUT2D eigenvalue weighted by molar-refractivity contribution is -0.138. The zero-order valence-corrected chi connectivity index (χ0v) is 9.19. The molecule has 0 heterocycles. The van der Waals surface area contributed by atoms with Crippen LogP contribution in [0.1, 0.15) is 17.6 Å². The van der Waals surface area contributed by atoms with E-state index in [4.69, 9.17) is 15.6 Å². The molecule has 1 atom stereocenters. The predicted octanol–water partition coefficient (Wildman–Crippen LogP) is 1.59. The maximum Gasteiger partial charge on any atom is 0.320 e. The molecule has 0 saturated heterocycles. The van der Waals surface area contributed by atoms with E-state index in [-0.39, 0.29) is 17.7 Å². The lowest BCUT2D eigenvalue weighted by Crippen LogP contribution is -2.32. The fraction of sp³-hybridized carbons (Fsp3) is 0.364. The van der Waals surface area contributed by atoms with Crippen LogP contribution in [-0.4, -0.2) is 24.2 Å². The van der Waals surface area contributed by atoms with E-state index in [0.717, 1.165) is 0 Å². The van der Waals surface area contributed by atoms with Crippen molar-refractivity contribution < 1.29 is 23.4 Å². The van der Waals surface area contributed by atoms with Gasteiger partial charge in [-0.25, -0.2) is 8.78 Å². The number of hydrogen-bond acceptors (Lipinski definition) is 3. The van der Waals surface area contributed by atoms with E-state index in [9.17, 15) is 13.6 Å². The molecule has 1 unspecified atom stereocenters. The van der Waals surface area contributed by atoms with Gasteiger partial charge in [0.15, 0.2) is 0 Å². The average Bonchev–Trinajstić information content (AvgIpc) is 2.28. The molecule has 0 bridgehead atoms. The lowest BCUT2D eigenvalue weighted by Gasteiger charge is -2.14. The monoisotopic (exact) mass is 245 g/mol. The highest BCUT2D eigenvalue weighted by molar-refractivity contribution is 5.73. The second-order valence-corrected chi connectivity index (χ2v) is 3.49. The second-order valence-electron chi connectivity index (χ2n) is 3.49. The number of benzene rings is 1. The fourth-order valence-corrected chi connectivity index (χ4v) is 1.51. The Kier molecular flexibility index (Phi) is 4.39. The Morgan fingerprint density at radius 1 is 1.53 bits per heavy atom. The molecule has 0 amide bonds. The standard InChI is InChI=1S/C11H13F2NO3/c1-17-9-6(5-8(14)11(15)16)3-2-4-7(9)10(12)13/h2-4,8,10H,5,14H2,1H3,(H,15,16). The number of hydrogen-bond donors (Lipinski definition) is 2. The molecule has 94 valence electrons. The third-order valence-corrected chi connectivity index (χ3v) is 2.32. The number of rotatable bonds is 5. The van der Waals surface area contributed by atoms with E-state index in [1.807, 2.05) is 0 Å². The molecular weight excluding hydrogens is 232 g/mol. The van der Waals surface area contributed by atoms with E-state index in [1.54, 1.807) is 0 Å². The Hall–Kier alpha value is -1.69. The van der Waals surface area contributed by atoms with Gasteiger partial charge in [-0.15, -0.1) is 0 Å². The van der Waals surface area contributed by atoms with Crippen molar-refractivity contribution in [1.29, 1.82) is 0 Å². The van der Waals surface area contributed by atoms with Crippen LogP contribution in [-0.2, 0) is 11.2 Å². The molecule has 0 saturated carbocycles. The van der Waals surface area contributed by atoms with Gasteiger partial charge in [0.05, 0.1) is 12.7 Å². The van der Waals surface area contributed by atoms with Gasteiger partial charge in [0.2, 0.25) is 0 Å². The summed E-state index contributed by atoms with van der Waals surface area (Å²) in [6, 6.07) is 3.04. The Morgan fingerprint density at radius 2 is 2.18 bits per heavy atom. The van der Waals surface area contributed by atoms with Crippen LogP contribution in [0.2, 0.25) is 0 Å². The Balaban J connectivity index is 3.07. The molecule has 0 aliphatic carbocycles. The van der Waals surface area contributed by atoms with Gasteiger partial charge < -0.3 is 15.6 Å². The number of carboxylic acids is 1. The molecule has 3 N–H and O–H groups in total. The van der Waals surface area contributed by atoms with Gasteiger partial charge in [-0.1, -0.05) is 12.1 Å². The van der Waals surface area contributed by atoms with Crippen molar-refractivity contribution in [2.75, 3.05) is 7.11 Å². The predicted molar refractivity (Wildman–Crippen MR) is 57.3 cm³/mol. The van der Waals surface area contributed by atoms with Crippen molar-refractivity contribution in [3.63, 3.8) is 0 Å². The number of methoxy groups -OCH3 is 1. The summed E-state index contributed by atoms with van der Waals surface area (Å²) in [4.78, 5) is 10.6. The van der Waals surface area contributed by atoms with Crippen LogP contribution in [0.5, 0.6) is 5.75 Å². The highest BCUT2D eigenvalue weighted by Gasteiger charge is 2.20. The topological polar surface area (TPSA) is 72.5 Å². The first kappa shape index (κ1) is 13.4. The molecule has 1 aromatic rings. The molecule has 0 aliphatic rings. The number of alkyl halides is 2. The summed E-state index contributed by atoms with van der Waals surface area (Å²) in [7, 11) is 1.26. The van der Waals surface area contributed by atoms with Crippen LogP contribution in [0.3, 0.4) is 0 Å². The van der Waals surface area contributed by atoms with Gasteiger partial charge >= 0.3 is 5.97 Å². The largest absolute Gasteiger partial charge is 0.496 e. The molecule has 6 heteroatoms. The summed E-state index contributed by atoms with van der Waals surface area (Å²) in [5, 5.41) is 8.67. The van der Waals surface area contributed by atoms with E-state index < -0.39 is 18.4 Å². The molecule has 4 nitrogen and oxygen atoms in total. The summed E-state index contributed by atoms with van der Waals surface area (Å²) in [6.45, 7) is 0. The summed E-state index contributed by atoms with van der Waals surface area (Å²) in [5.74, 6) is -1.19.